The second kappa shape index (κ2) is 41.6. The number of rotatable bonds is 42. The number of aromatic nitrogens is 2. The van der Waals surface area contributed by atoms with Crippen molar-refractivity contribution >= 4 is 58.7 Å². The summed E-state index contributed by atoms with van der Waals surface area (Å²) in [7, 11) is 0. The molecule has 61 heavy (non-hydrogen) atoms. The summed E-state index contributed by atoms with van der Waals surface area (Å²) in [5.41, 5.74) is 0. The van der Waals surface area contributed by atoms with Gasteiger partial charge in [0.1, 0.15) is 25.4 Å². The number of carbonyl (C=O) groups excluding carboxylic acids is 4. The summed E-state index contributed by atoms with van der Waals surface area (Å²) < 4.78 is 23.1. The van der Waals surface area contributed by atoms with Crippen LogP contribution in [0.15, 0.2) is 33.0 Å². The van der Waals surface area contributed by atoms with Crippen molar-refractivity contribution < 1.29 is 38.1 Å². The molecule has 1 rings (SSSR count). The Labute approximate surface area is 382 Å². The largest absolute Gasteiger partial charge is 0.462 e. The van der Waals surface area contributed by atoms with E-state index in [1.807, 2.05) is 0 Å². The van der Waals surface area contributed by atoms with Gasteiger partial charge in [-0.1, -0.05) is 176 Å². The smallest absolute Gasteiger partial charge is 0.305 e. The molecule has 0 aliphatic heterocycles. The molecule has 350 valence electrons. The molecule has 0 aliphatic rings. The number of esters is 4. The summed E-state index contributed by atoms with van der Waals surface area (Å²) in [5.74, 6) is -0.768. The average molecular weight is 911 g/mol. The van der Waals surface area contributed by atoms with Gasteiger partial charge in [-0.3, -0.25) is 19.2 Å². The Hall–Kier alpha value is -2.38. The van der Waals surface area contributed by atoms with Gasteiger partial charge in [-0.25, -0.2) is 0 Å². The summed E-state index contributed by atoms with van der Waals surface area (Å²) in [6.07, 6.45) is 39.8. The lowest BCUT2D eigenvalue weighted by Crippen LogP contribution is -2.26. The minimum Gasteiger partial charge on any atom is -0.462 e. The monoisotopic (exact) mass is 911 g/mol. The van der Waals surface area contributed by atoms with E-state index < -0.39 is 24.1 Å². The number of thioether (sulfide) groups is 2. The zero-order chi connectivity index (χ0) is 44.4. The Morgan fingerprint density at radius 2 is 0.803 bits per heavy atom. The molecular weight excluding hydrogens is 829 g/mol. The first-order valence-electron chi connectivity index (χ1n) is 23.8. The fourth-order valence-corrected chi connectivity index (χ4v) is 9.55. The Morgan fingerprint density at radius 3 is 1.13 bits per heavy atom. The number of hydrogen-bond donors (Lipinski definition) is 0. The molecule has 0 radical (unpaired) electrons. The van der Waals surface area contributed by atoms with E-state index in [1.54, 1.807) is 0 Å². The molecule has 2 atom stereocenters. The van der Waals surface area contributed by atoms with Gasteiger partial charge < -0.3 is 18.9 Å². The van der Waals surface area contributed by atoms with Gasteiger partial charge in [0.25, 0.3) is 0 Å². The van der Waals surface area contributed by atoms with Crippen molar-refractivity contribution in [3.05, 3.63) is 24.3 Å². The summed E-state index contributed by atoms with van der Waals surface area (Å²) >= 11 is 4.08. The number of nitrogens with zero attached hydrogens (tertiary/aromatic N) is 2. The van der Waals surface area contributed by atoms with Crippen LogP contribution >= 0.6 is 34.9 Å². The predicted molar refractivity (Wildman–Crippen MR) is 253 cm³/mol. The Kier molecular flexibility index (Phi) is 38.6. The fraction of sp³-hybridized carbons (Fsp3) is 0.792. The van der Waals surface area contributed by atoms with Crippen LogP contribution in [0.3, 0.4) is 0 Å². The van der Waals surface area contributed by atoms with Gasteiger partial charge in [0.05, 0.1) is 0 Å². The molecule has 1 aromatic rings. The number of unbranched alkanes of at least 4 members (excludes halogenated alkanes) is 22. The van der Waals surface area contributed by atoms with Crippen molar-refractivity contribution in [1.82, 2.24) is 10.2 Å². The van der Waals surface area contributed by atoms with Crippen molar-refractivity contribution in [3.8, 4) is 0 Å². The van der Waals surface area contributed by atoms with Crippen LogP contribution < -0.4 is 0 Å². The normalized spacial score (nSPS) is 12.5. The second-order valence-corrected chi connectivity index (χ2v) is 19.5. The molecule has 0 saturated heterocycles. The van der Waals surface area contributed by atoms with Gasteiger partial charge in [-0.05, 0) is 64.2 Å². The van der Waals surface area contributed by atoms with E-state index in [9.17, 15) is 19.2 Å². The van der Waals surface area contributed by atoms with E-state index in [4.69, 9.17) is 18.9 Å². The van der Waals surface area contributed by atoms with Crippen LogP contribution in [0.5, 0.6) is 0 Å². The van der Waals surface area contributed by atoms with E-state index in [1.165, 1.54) is 151 Å². The minimum absolute atomic E-state index is 0.0169. The van der Waals surface area contributed by atoms with Crippen LogP contribution in [-0.2, 0) is 38.1 Å². The highest BCUT2D eigenvalue weighted by Crippen LogP contribution is 2.30. The second-order valence-electron chi connectivity index (χ2n) is 16.0. The highest BCUT2D eigenvalue weighted by Gasteiger charge is 2.20. The first kappa shape index (κ1) is 56.6. The maximum atomic E-state index is 12.4. The molecule has 0 bridgehead atoms. The third-order valence-electron chi connectivity index (χ3n) is 9.98. The molecule has 0 saturated carbocycles. The molecule has 0 N–H and O–H groups in total. The lowest BCUT2D eigenvalue weighted by Gasteiger charge is -2.16. The topological polar surface area (TPSA) is 131 Å². The molecule has 0 fully saturated rings. The number of carbonyl (C=O) groups is 4. The number of ether oxygens (including phenoxy) is 4. The zero-order valence-corrected chi connectivity index (χ0v) is 40.9. The van der Waals surface area contributed by atoms with Crippen molar-refractivity contribution in [2.75, 3.05) is 24.7 Å². The first-order chi connectivity index (χ1) is 29.7. The fourth-order valence-electron chi connectivity index (χ4n) is 6.54. The highest BCUT2D eigenvalue weighted by atomic mass is 32.2. The van der Waals surface area contributed by atoms with Crippen LogP contribution in [0.25, 0.3) is 0 Å². The van der Waals surface area contributed by atoms with Crippen LogP contribution in [-0.4, -0.2) is 71.0 Å². The van der Waals surface area contributed by atoms with E-state index in [0.717, 1.165) is 64.2 Å². The molecular formula is C48H82N2O8S3. The van der Waals surface area contributed by atoms with Crippen LogP contribution in [0, 0.1) is 0 Å². The Balaban J connectivity index is 2.24. The Bertz CT molecular complexity index is 1210. The van der Waals surface area contributed by atoms with Gasteiger partial charge >= 0.3 is 23.9 Å². The molecule has 10 nitrogen and oxygen atoms in total. The van der Waals surface area contributed by atoms with Gasteiger partial charge in [-0.2, -0.15) is 0 Å². The van der Waals surface area contributed by atoms with E-state index in [0.29, 0.717) is 33.0 Å². The predicted octanol–water partition coefficient (Wildman–Crippen LogP) is 13.7. The van der Waals surface area contributed by atoms with Gasteiger partial charge in [0.2, 0.25) is 0 Å². The van der Waals surface area contributed by atoms with Crippen LogP contribution in [0.2, 0.25) is 0 Å². The maximum Gasteiger partial charge on any atom is 0.305 e. The van der Waals surface area contributed by atoms with Gasteiger partial charge in [0.15, 0.2) is 8.68 Å². The van der Waals surface area contributed by atoms with Crippen LogP contribution in [0.1, 0.15) is 207 Å². The SMILES string of the molecule is CCCCCCCC/C=C\CCCCCCCC(=O)OCC(CSc1nnc(SCC(COC(=O)CCCCCCC/C=C\CCCCCCCC)OC(C)=O)s1)OC(C)=O. The molecule has 1 aromatic heterocycles. The lowest BCUT2D eigenvalue weighted by molar-refractivity contribution is -0.156. The minimum atomic E-state index is -0.615. The quantitative estimate of drug-likeness (QED) is 0.0203. The lowest BCUT2D eigenvalue weighted by atomic mass is 10.1. The standard InChI is InChI=1S/C48H82N2O8S3/c1-5-7-9-11-13-15-17-19-21-23-25-27-29-31-33-35-45(53)55-37-43(57-41(3)51)39-59-47-49-50-48(61-47)60-40-44(58-42(4)52)38-56-46(54)36-34-32-30-28-26-24-22-20-18-16-14-12-10-8-6-2/h19-22,43-44H,5-18,23-40H2,1-4H3/b21-19-,22-20-. The zero-order valence-electron chi connectivity index (χ0n) is 38.5. The van der Waals surface area contributed by atoms with Crippen molar-refractivity contribution in [2.45, 2.75) is 228 Å². The summed E-state index contributed by atoms with van der Waals surface area (Å²) in [6.45, 7) is 7.14. The molecule has 0 aliphatic carbocycles. The first-order valence-corrected chi connectivity index (χ1v) is 26.6. The molecule has 2 unspecified atom stereocenters. The van der Waals surface area contributed by atoms with E-state index >= 15 is 0 Å². The summed E-state index contributed by atoms with van der Waals surface area (Å²) in [5, 5.41) is 8.47. The molecule has 1 heterocycles. The van der Waals surface area contributed by atoms with Crippen molar-refractivity contribution in [2.24, 2.45) is 0 Å². The van der Waals surface area contributed by atoms with Crippen molar-refractivity contribution in [3.63, 3.8) is 0 Å². The summed E-state index contributed by atoms with van der Waals surface area (Å²) in [4.78, 5) is 48.3. The molecule has 0 amide bonds. The van der Waals surface area contributed by atoms with Gasteiger partial charge in [-0.15, -0.1) is 10.2 Å². The van der Waals surface area contributed by atoms with Crippen molar-refractivity contribution in [1.29, 1.82) is 0 Å². The molecule has 0 spiro atoms. The maximum absolute atomic E-state index is 12.4. The third-order valence-corrected chi connectivity index (χ3v) is 13.4. The highest BCUT2D eigenvalue weighted by molar-refractivity contribution is 8.03. The van der Waals surface area contributed by atoms with Gasteiger partial charge in [0, 0.05) is 38.2 Å². The van der Waals surface area contributed by atoms with Crippen LogP contribution in [0.4, 0.5) is 0 Å². The van der Waals surface area contributed by atoms with E-state index in [2.05, 4.69) is 48.3 Å². The molecule has 0 aromatic carbocycles. The number of allylic oxidation sites excluding steroid dienone is 4. The number of hydrogen-bond acceptors (Lipinski definition) is 13. The molecule has 13 heteroatoms. The Morgan fingerprint density at radius 1 is 0.492 bits per heavy atom. The summed E-state index contributed by atoms with van der Waals surface area (Å²) in [6, 6.07) is 0. The van der Waals surface area contributed by atoms with E-state index in [-0.39, 0.29) is 25.2 Å². The third kappa shape index (κ3) is 37.9. The average Bonchev–Trinajstić information content (AvgIpc) is 3.70.